The van der Waals surface area contributed by atoms with Crippen molar-refractivity contribution in [1.29, 1.82) is 5.26 Å². The molecule has 3 heterocycles. The Balaban J connectivity index is 1.68. The number of rotatable bonds is 20. The van der Waals surface area contributed by atoms with Gasteiger partial charge in [-0.05, 0) is 38.1 Å². The van der Waals surface area contributed by atoms with Gasteiger partial charge in [-0.3, -0.25) is 18.9 Å². The summed E-state index contributed by atoms with van der Waals surface area (Å²) >= 11 is 0. The molecule has 1 saturated heterocycles. The standard InChI is InChI=1S/C35H47N6O12P/c1-7-46-15-16-47-17-18-48-34(44)24(6)40-54(45,53-25-11-9-8-10-12-25)49-20-35(19-36)30(51-33(43)23(4)5)29(50-32(42)22(2)3)28(52-35)26-13-14-27-31(37)38-21-39-41(26)27/h8-14,21-24,28-30H,7,15-18,20H2,1-6H3,(H,40,45)(H2,37,38,39)/t24-,28-,29-,30-,35+,54?/m0/s1. The fourth-order valence-corrected chi connectivity index (χ4v) is 6.65. The maximum Gasteiger partial charge on any atom is 0.459 e. The number of esters is 3. The van der Waals surface area contributed by atoms with Gasteiger partial charge in [-0.15, -0.1) is 0 Å². The molecular weight excluding hydrogens is 727 g/mol. The van der Waals surface area contributed by atoms with Crippen molar-refractivity contribution in [3.63, 3.8) is 0 Å². The highest BCUT2D eigenvalue weighted by atomic mass is 31.2. The molecule has 1 fully saturated rings. The normalized spacial score (nSPS) is 21.4. The summed E-state index contributed by atoms with van der Waals surface area (Å²) in [5.74, 6) is -3.32. The molecular formula is C35H47N6O12P. The zero-order valence-electron chi connectivity index (χ0n) is 31.0. The molecule has 2 aromatic heterocycles. The van der Waals surface area contributed by atoms with Crippen LogP contribution < -0.4 is 15.3 Å². The lowest BCUT2D eigenvalue weighted by molar-refractivity contribution is -0.173. The first-order valence-corrected chi connectivity index (χ1v) is 19.0. The molecule has 0 radical (unpaired) electrons. The lowest BCUT2D eigenvalue weighted by Gasteiger charge is -2.31. The molecule has 294 valence electrons. The van der Waals surface area contributed by atoms with E-state index in [1.807, 2.05) is 13.0 Å². The molecule has 1 aliphatic rings. The summed E-state index contributed by atoms with van der Waals surface area (Å²) in [4.78, 5) is 43.3. The van der Waals surface area contributed by atoms with Crippen molar-refractivity contribution in [2.45, 2.75) is 71.5 Å². The van der Waals surface area contributed by atoms with Crippen LogP contribution >= 0.6 is 7.75 Å². The van der Waals surface area contributed by atoms with Gasteiger partial charge in [0.1, 0.15) is 49.0 Å². The molecule has 0 bridgehead atoms. The van der Waals surface area contributed by atoms with Crippen LogP contribution in [0, 0.1) is 23.2 Å². The third kappa shape index (κ3) is 10.5. The fourth-order valence-electron chi connectivity index (χ4n) is 5.13. The van der Waals surface area contributed by atoms with E-state index in [9.17, 15) is 24.2 Å². The Morgan fingerprint density at radius 1 is 0.981 bits per heavy atom. The first kappa shape index (κ1) is 42.1. The van der Waals surface area contributed by atoms with Crippen LogP contribution in [0.15, 0.2) is 48.8 Å². The van der Waals surface area contributed by atoms with Gasteiger partial charge in [-0.2, -0.15) is 15.4 Å². The van der Waals surface area contributed by atoms with Crippen molar-refractivity contribution in [1.82, 2.24) is 19.7 Å². The monoisotopic (exact) mass is 774 g/mol. The molecule has 4 rings (SSSR count). The number of fused-ring (bicyclic) bond motifs is 1. The van der Waals surface area contributed by atoms with Crippen LogP contribution in [-0.2, 0) is 51.9 Å². The summed E-state index contributed by atoms with van der Waals surface area (Å²) < 4.78 is 61.6. The second-order valence-corrected chi connectivity index (χ2v) is 14.5. The lowest BCUT2D eigenvalue weighted by atomic mass is 9.95. The number of anilines is 1. The number of hydrogen-bond acceptors (Lipinski definition) is 16. The molecule has 1 aromatic carbocycles. The van der Waals surface area contributed by atoms with E-state index in [0.717, 1.165) is 0 Å². The van der Waals surface area contributed by atoms with Crippen LogP contribution in [0.5, 0.6) is 5.75 Å². The molecule has 3 N–H and O–H groups in total. The number of nitrogens with one attached hydrogen (secondary N) is 1. The Morgan fingerprint density at radius 2 is 1.65 bits per heavy atom. The maximum atomic E-state index is 14.5. The quantitative estimate of drug-likeness (QED) is 0.0723. The number of nitrogens with two attached hydrogens (primary N) is 1. The largest absolute Gasteiger partial charge is 0.462 e. The number of aromatic nitrogens is 3. The third-order valence-corrected chi connectivity index (χ3v) is 9.62. The minimum Gasteiger partial charge on any atom is -0.462 e. The van der Waals surface area contributed by atoms with Gasteiger partial charge in [0.05, 0.1) is 37.4 Å². The van der Waals surface area contributed by atoms with Gasteiger partial charge in [0.2, 0.25) is 5.60 Å². The summed E-state index contributed by atoms with van der Waals surface area (Å²) in [5, 5.41) is 17.7. The topological polar surface area (TPSA) is 234 Å². The zero-order chi connectivity index (χ0) is 39.5. The van der Waals surface area contributed by atoms with Crippen molar-refractivity contribution >= 4 is 37.0 Å². The number of nitrogen functional groups attached to an aromatic ring is 1. The Hall–Kier alpha value is -4.63. The molecule has 54 heavy (non-hydrogen) atoms. The van der Waals surface area contributed by atoms with E-state index in [4.69, 9.17) is 43.2 Å². The number of benzene rings is 1. The average molecular weight is 775 g/mol. The van der Waals surface area contributed by atoms with Crippen LogP contribution in [0.1, 0.15) is 53.3 Å². The van der Waals surface area contributed by atoms with Crippen molar-refractivity contribution in [2.75, 3.05) is 45.4 Å². The second kappa shape index (κ2) is 19.1. The summed E-state index contributed by atoms with van der Waals surface area (Å²) in [6.07, 6.45) is -3.17. The van der Waals surface area contributed by atoms with Gasteiger partial charge < -0.3 is 38.7 Å². The number of hydrogen-bond donors (Lipinski definition) is 2. The highest BCUT2D eigenvalue weighted by molar-refractivity contribution is 7.52. The fraction of sp³-hybridized carbons (Fsp3) is 0.543. The van der Waals surface area contributed by atoms with Crippen molar-refractivity contribution in [3.05, 3.63) is 54.5 Å². The van der Waals surface area contributed by atoms with Gasteiger partial charge >= 0.3 is 25.7 Å². The van der Waals surface area contributed by atoms with Crippen LogP contribution in [0.3, 0.4) is 0 Å². The van der Waals surface area contributed by atoms with Gasteiger partial charge in [-0.1, -0.05) is 45.9 Å². The van der Waals surface area contributed by atoms with Crippen molar-refractivity contribution < 1.29 is 56.4 Å². The lowest BCUT2D eigenvalue weighted by Crippen LogP contribution is -2.50. The molecule has 19 heteroatoms. The smallest absolute Gasteiger partial charge is 0.459 e. The van der Waals surface area contributed by atoms with E-state index in [2.05, 4.69) is 15.2 Å². The molecule has 1 aliphatic heterocycles. The number of para-hydroxylation sites is 1. The second-order valence-electron chi connectivity index (χ2n) is 12.8. The number of nitrogens with zero attached hydrogens (tertiary/aromatic N) is 4. The average Bonchev–Trinajstić information content (AvgIpc) is 3.70. The number of carbonyl (C=O) groups is 3. The Morgan fingerprint density at radius 3 is 2.31 bits per heavy atom. The summed E-state index contributed by atoms with van der Waals surface area (Å²) in [6.45, 7) is 9.97. The highest BCUT2D eigenvalue weighted by Crippen LogP contribution is 2.50. The van der Waals surface area contributed by atoms with E-state index in [1.54, 1.807) is 58.0 Å². The van der Waals surface area contributed by atoms with Crippen molar-refractivity contribution in [3.8, 4) is 11.8 Å². The molecule has 1 unspecified atom stereocenters. The predicted molar refractivity (Wildman–Crippen MR) is 191 cm³/mol. The van der Waals surface area contributed by atoms with Gasteiger partial charge in [-0.25, -0.2) is 14.1 Å². The molecule has 18 nitrogen and oxygen atoms in total. The number of carbonyl (C=O) groups excluding carboxylic acids is 3. The van der Waals surface area contributed by atoms with E-state index in [1.165, 1.54) is 29.9 Å². The number of nitriles is 1. The molecule has 6 atom stereocenters. The van der Waals surface area contributed by atoms with E-state index in [-0.39, 0.29) is 30.5 Å². The predicted octanol–water partition coefficient (Wildman–Crippen LogP) is 3.56. The Kier molecular flexibility index (Phi) is 14.9. The van der Waals surface area contributed by atoms with E-state index < -0.39 is 74.1 Å². The van der Waals surface area contributed by atoms with Gasteiger partial charge in [0, 0.05) is 6.61 Å². The molecule has 0 aliphatic carbocycles. The van der Waals surface area contributed by atoms with Crippen LogP contribution in [0.25, 0.3) is 5.52 Å². The summed E-state index contributed by atoms with van der Waals surface area (Å²) in [7, 11) is -4.61. The zero-order valence-corrected chi connectivity index (χ0v) is 31.9. The minimum atomic E-state index is -4.61. The highest BCUT2D eigenvalue weighted by Gasteiger charge is 2.62. The number of ether oxygens (including phenoxy) is 6. The van der Waals surface area contributed by atoms with Crippen LogP contribution in [0.2, 0.25) is 0 Å². The van der Waals surface area contributed by atoms with E-state index >= 15 is 0 Å². The van der Waals surface area contributed by atoms with Crippen molar-refractivity contribution in [2.24, 2.45) is 11.8 Å². The molecule has 0 amide bonds. The Bertz CT molecular complexity index is 1820. The van der Waals surface area contributed by atoms with Gasteiger partial charge in [0.15, 0.2) is 18.0 Å². The van der Waals surface area contributed by atoms with Crippen LogP contribution in [0.4, 0.5) is 5.82 Å². The maximum absolute atomic E-state index is 14.5. The summed E-state index contributed by atoms with van der Waals surface area (Å²) in [6, 6.07) is 11.9. The summed E-state index contributed by atoms with van der Waals surface area (Å²) in [5.41, 5.74) is 4.44. The van der Waals surface area contributed by atoms with Gasteiger partial charge in [0.25, 0.3) is 0 Å². The van der Waals surface area contributed by atoms with E-state index in [0.29, 0.717) is 25.3 Å². The minimum absolute atomic E-state index is 0.0938. The Labute approximate surface area is 313 Å². The van der Waals surface area contributed by atoms with Crippen LogP contribution in [-0.4, -0.2) is 96.0 Å². The molecule has 0 saturated carbocycles. The SMILES string of the molecule is CCOCCOCCOC(=O)[C@H](C)NP(=O)(OC[C@@]1(C#N)O[C@@H](c2ccc3c(N)ncnn23)[C@H](OC(=O)C(C)C)[C@@H]1OC(=O)C(C)C)Oc1ccccc1. The molecule has 0 spiro atoms. The molecule has 3 aromatic rings. The first-order chi connectivity index (χ1) is 25.7. The first-order valence-electron chi connectivity index (χ1n) is 17.4. The third-order valence-electron chi connectivity index (χ3n) is 7.99.